The van der Waals surface area contributed by atoms with E-state index in [9.17, 15) is 0 Å². The monoisotopic (exact) mass is 219 g/mol. The van der Waals surface area contributed by atoms with Crippen LogP contribution in [0.3, 0.4) is 0 Å². The molecule has 1 heterocycles. The Bertz CT molecular complexity index is 225. The minimum absolute atomic E-state index is 0.0267. The highest BCUT2D eigenvalue weighted by atomic mass is 35.5. The Labute approximate surface area is 87.7 Å². The van der Waals surface area contributed by atoms with Crippen molar-refractivity contribution in [3.63, 3.8) is 0 Å². The molecule has 3 nitrogen and oxygen atoms in total. The van der Waals surface area contributed by atoms with Gasteiger partial charge in [-0.15, -0.1) is 11.6 Å². The fourth-order valence-electron chi connectivity index (χ4n) is 1.10. The predicted octanol–water partition coefficient (Wildman–Crippen LogP) is 2.75. The second kappa shape index (κ2) is 4.77. The van der Waals surface area contributed by atoms with Gasteiger partial charge in [0.2, 0.25) is 5.13 Å². The molecule has 0 aliphatic carbocycles. The largest absolute Gasteiger partial charge is 0.354 e. The van der Waals surface area contributed by atoms with Gasteiger partial charge in [-0.05, 0) is 12.8 Å². The minimum Gasteiger partial charge on any atom is -0.354 e. The summed E-state index contributed by atoms with van der Waals surface area (Å²) >= 11 is 7.30. The van der Waals surface area contributed by atoms with Gasteiger partial charge >= 0.3 is 0 Å². The van der Waals surface area contributed by atoms with Crippen LogP contribution in [0, 0.1) is 0 Å². The highest BCUT2D eigenvalue weighted by Crippen LogP contribution is 2.23. The first-order valence-electron chi connectivity index (χ1n) is 4.37. The first kappa shape index (κ1) is 10.7. The van der Waals surface area contributed by atoms with E-state index in [4.69, 9.17) is 11.6 Å². The second-order valence-corrected chi connectivity index (χ2v) is 4.04. The Balaban J connectivity index is 2.67. The molecule has 0 aromatic carbocycles. The SMILES string of the molecule is CCC(CC)(CCl)Nc1ncns1. The van der Waals surface area contributed by atoms with Crippen LogP contribution in [0.4, 0.5) is 5.13 Å². The fourth-order valence-corrected chi connectivity index (χ4v) is 2.10. The van der Waals surface area contributed by atoms with Gasteiger partial charge in [-0.2, -0.15) is 4.37 Å². The highest BCUT2D eigenvalue weighted by molar-refractivity contribution is 7.09. The topological polar surface area (TPSA) is 37.8 Å². The molecule has 0 radical (unpaired) electrons. The van der Waals surface area contributed by atoms with Crippen LogP contribution in [-0.4, -0.2) is 20.8 Å². The van der Waals surface area contributed by atoms with Crippen LogP contribution in [0.1, 0.15) is 26.7 Å². The van der Waals surface area contributed by atoms with E-state index in [-0.39, 0.29) is 5.54 Å². The smallest absolute Gasteiger partial charge is 0.202 e. The summed E-state index contributed by atoms with van der Waals surface area (Å²) < 4.78 is 3.93. The predicted molar refractivity (Wildman–Crippen MR) is 57.6 cm³/mol. The van der Waals surface area contributed by atoms with Crippen molar-refractivity contribution >= 4 is 28.3 Å². The van der Waals surface area contributed by atoms with Gasteiger partial charge < -0.3 is 5.32 Å². The van der Waals surface area contributed by atoms with E-state index < -0.39 is 0 Å². The number of anilines is 1. The molecule has 0 saturated carbocycles. The molecule has 0 atom stereocenters. The van der Waals surface area contributed by atoms with Gasteiger partial charge in [0.1, 0.15) is 6.33 Å². The zero-order chi connectivity index (χ0) is 9.73. The molecule has 74 valence electrons. The zero-order valence-electron chi connectivity index (χ0n) is 7.88. The average Bonchev–Trinajstić information content (AvgIpc) is 2.67. The number of rotatable bonds is 5. The van der Waals surface area contributed by atoms with Crippen LogP contribution in [-0.2, 0) is 0 Å². The molecule has 0 fully saturated rings. The molecule has 0 amide bonds. The third-order valence-corrected chi connectivity index (χ3v) is 3.43. The van der Waals surface area contributed by atoms with Crippen molar-refractivity contribution in [3.05, 3.63) is 6.33 Å². The van der Waals surface area contributed by atoms with Crippen molar-refractivity contribution in [2.45, 2.75) is 32.2 Å². The summed E-state index contributed by atoms with van der Waals surface area (Å²) in [4.78, 5) is 4.08. The maximum atomic E-state index is 5.94. The quantitative estimate of drug-likeness (QED) is 0.774. The van der Waals surface area contributed by atoms with Gasteiger partial charge in [-0.25, -0.2) is 4.98 Å². The summed E-state index contributed by atoms with van der Waals surface area (Å²) in [5.74, 6) is 0.597. The summed E-state index contributed by atoms with van der Waals surface area (Å²) in [6.07, 6.45) is 3.54. The molecule has 0 aliphatic rings. The summed E-state index contributed by atoms with van der Waals surface area (Å²) in [5.41, 5.74) is -0.0267. The fraction of sp³-hybridized carbons (Fsp3) is 0.750. The molecule has 1 rings (SSSR count). The molecule has 13 heavy (non-hydrogen) atoms. The Kier molecular flexibility index (Phi) is 3.93. The molecule has 1 aromatic rings. The molecule has 0 unspecified atom stereocenters. The molecule has 0 bridgehead atoms. The number of nitrogens with zero attached hydrogens (tertiary/aromatic N) is 2. The van der Waals surface area contributed by atoms with Crippen LogP contribution in [0.15, 0.2) is 6.33 Å². The normalized spacial score (nSPS) is 11.6. The number of aromatic nitrogens is 2. The first-order valence-corrected chi connectivity index (χ1v) is 5.68. The maximum absolute atomic E-state index is 5.94. The van der Waals surface area contributed by atoms with Crippen molar-refractivity contribution in [3.8, 4) is 0 Å². The third-order valence-electron chi connectivity index (χ3n) is 2.34. The van der Waals surface area contributed by atoms with Crippen LogP contribution < -0.4 is 5.32 Å². The summed E-state index contributed by atoms with van der Waals surface area (Å²) in [6.45, 7) is 4.25. The maximum Gasteiger partial charge on any atom is 0.202 e. The van der Waals surface area contributed by atoms with E-state index in [2.05, 4.69) is 28.5 Å². The third kappa shape index (κ3) is 2.54. The van der Waals surface area contributed by atoms with Crippen LogP contribution >= 0.6 is 23.1 Å². The zero-order valence-corrected chi connectivity index (χ0v) is 9.45. The van der Waals surface area contributed by atoms with Gasteiger partial charge in [0.15, 0.2) is 0 Å². The average molecular weight is 220 g/mol. The van der Waals surface area contributed by atoms with Crippen LogP contribution in [0.25, 0.3) is 0 Å². The number of halogens is 1. The Morgan fingerprint density at radius 3 is 2.62 bits per heavy atom. The van der Waals surface area contributed by atoms with E-state index in [1.165, 1.54) is 11.5 Å². The highest BCUT2D eigenvalue weighted by Gasteiger charge is 2.25. The van der Waals surface area contributed by atoms with Gasteiger partial charge in [0.25, 0.3) is 0 Å². The lowest BCUT2D eigenvalue weighted by Crippen LogP contribution is -2.38. The number of alkyl halides is 1. The number of nitrogens with one attached hydrogen (secondary N) is 1. The van der Waals surface area contributed by atoms with Crippen LogP contribution in [0.5, 0.6) is 0 Å². The molecular formula is C8H14ClN3S. The standard InChI is InChI=1S/C8H14ClN3S/c1-3-8(4-2,5-9)12-7-10-6-11-13-7/h6H,3-5H2,1-2H3,(H,10,11,12). The Morgan fingerprint density at radius 2 is 2.23 bits per heavy atom. The van der Waals surface area contributed by atoms with Gasteiger partial charge in [-0.3, -0.25) is 0 Å². The molecule has 5 heteroatoms. The number of hydrogen-bond acceptors (Lipinski definition) is 4. The summed E-state index contributed by atoms with van der Waals surface area (Å²) in [7, 11) is 0. The van der Waals surface area contributed by atoms with Gasteiger partial charge in [0.05, 0.1) is 5.54 Å². The summed E-state index contributed by atoms with van der Waals surface area (Å²) in [6, 6.07) is 0. The molecular weight excluding hydrogens is 206 g/mol. The van der Waals surface area contributed by atoms with Crippen LogP contribution in [0.2, 0.25) is 0 Å². The van der Waals surface area contributed by atoms with E-state index >= 15 is 0 Å². The van der Waals surface area contributed by atoms with Gasteiger partial charge in [0, 0.05) is 17.4 Å². The van der Waals surface area contributed by atoms with Gasteiger partial charge in [-0.1, -0.05) is 13.8 Å². The summed E-state index contributed by atoms with van der Waals surface area (Å²) in [5, 5.41) is 4.19. The molecule has 1 N–H and O–H groups in total. The molecule has 0 spiro atoms. The minimum atomic E-state index is -0.0267. The number of hydrogen-bond donors (Lipinski definition) is 1. The Morgan fingerprint density at radius 1 is 1.54 bits per heavy atom. The molecule has 0 aliphatic heterocycles. The van der Waals surface area contributed by atoms with Crippen molar-refractivity contribution < 1.29 is 0 Å². The first-order chi connectivity index (χ1) is 6.26. The van der Waals surface area contributed by atoms with Crippen molar-refractivity contribution in [2.24, 2.45) is 0 Å². The molecule has 1 aromatic heterocycles. The van der Waals surface area contributed by atoms with Crippen molar-refractivity contribution in [2.75, 3.05) is 11.2 Å². The lowest BCUT2D eigenvalue weighted by atomic mass is 9.96. The van der Waals surface area contributed by atoms with E-state index in [1.807, 2.05) is 0 Å². The van der Waals surface area contributed by atoms with Crippen molar-refractivity contribution in [1.29, 1.82) is 0 Å². The Hall–Kier alpha value is -0.350. The second-order valence-electron chi connectivity index (χ2n) is 2.99. The van der Waals surface area contributed by atoms with E-state index in [0.717, 1.165) is 18.0 Å². The lowest BCUT2D eigenvalue weighted by Gasteiger charge is -2.30. The van der Waals surface area contributed by atoms with E-state index in [1.54, 1.807) is 6.33 Å². The molecule has 0 saturated heterocycles. The van der Waals surface area contributed by atoms with E-state index in [0.29, 0.717) is 5.88 Å². The van der Waals surface area contributed by atoms with Crippen molar-refractivity contribution in [1.82, 2.24) is 9.36 Å². The lowest BCUT2D eigenvalue weighted by molar-refractivity contribution is 0.484.